The van der Waals surface area contributed by atoms with Crippen molar-refractivity contribution in [2.45, 2.75) is 6.23 Å². The van der Waals surface area contributed by atoms with Gasteiger partial charge in [0.05, 0.1) is 0 Å². The van der Waals surface area contributed by atoms with Crippen LogP contribution in [0, 0.1) is 0 Å². The molecule has 1 aliphatic heterocycles. The Bertz CT molecular complexity index is 101. The zero-order valence-corrected chi connectivity index (χ0v) is 3.50. The summed E-state index contributed by atoms with van der Waals surface area (Å²) in [6.07, 6.45) is 1.32. The quantitative estimate of drug-likeness (QED) is 0.433. The number of nitrogens with zero attached hydrogens (tertiary/aromatic N) is 1. The van der Waals surface area contributed by atoms with Crippen LogP contribution in [0.5, 0.6) is 0 Å². The Labute approximate surface area is 40.1 Å². The molecule has 0 aromatic heterocycles. The summed E-state index contributed by atoms with van der Waals surface area (Å²) in [6, 6.07) is 0. The van der Waals surface area contributed by atoms with Gasteiger partial charge in [0, 0.05) is 0 Å². The molecule has 0 saturated heterocycles. The highest BCUT2D eigenvalue weighted by Crippen LogP contribution is 1.88. The highest BCUT2D eigenvalue weighted by Gasteiger charge is 2.06. The normalized spacial score (nSPS) is 27.1. The molecule has 1 N–H and O–H groups in total. The lowest BCUT2D eigenvalue weighted by atomic mass is 10.7. The monoisotopic (exact) mass is 100 g/mol. The van der Waals surface area contributed by atoms with Gasteiger partial charge in [-0.2, -0.15) is 0 Å². The third kappa shape index (κ3) is 0.747. The first-order valence-electron chi connectivity index (χ1n) is 1.81. The Morgan fingerprint density at radius 3 is 3.14 bits per heavy atom. The maximum Gasteiger partial charge on any atom is 0.231 e. The molecule has 0 fully saturated rings. The summed E-state index contributed by atoms with van der Waals surface area (Å²) >= 11 is 0. The summed E-state index contributed by atoms with van der Waals surface area (Å²) in [7, 11) is 0. The van der Waals surface area contributed by atoms with Crippen LogP contribution < -0.4 is 5.48 Å². The number of hydrogen-bond donors (Lipinski definition) is 1. The number of hydrogen-bond acceptors (Lipinski definition) is 4. The molecule has 1 aliphatic rings. The molecule has 1 heterocycles. The number of aliphatic imine (C=N–C) groups is 1. The molecule has 0 bridgehead atoms. The molecule has 4 nitrogen and oxygen atoms in total. The van der Waals surface area contributed by atoms with E-state index >= 15 is 0 Å². The molecule has 1 atom stereocenters. The molecular formula is C3H4N2O2. The topological polar surface area (TPSA) is 50.7 Å². The van der Waals surface area contributed by atoms with Gasteiger partial charge < -0.3 is 0 Å². The van der Waals surface area contributed by atoms with E-state index in [1.807, 2.05) is 0 Å². The highest BCUT2D eigenvalue weighted by atomic mass is 16.7. The highest BCUT2D eigenvalue weighted by molar-refractivity contribution is 5.64. The van der Waals surface area contributed by atoms with Gasteiger partial charge in [-0.25, -0.2) is 9.83 Å². The molecule has 0 aromatic carbocycles. The Hall–Kier alpha value is -0.900. The van der Waals surface area contributed by atoms with E-state index in [1.165, 1.54) is 6.34 Å². The second-order valence-electron chi connectivity index (χ2n) is 1.04. The van der Waals surface area contributed by atoms with Crippen LogP contribution in [-0.4, -0.2) is 18.9 Å². The SMILES string of the molecule is O=CC1N=CNO1. The van der Waals surface area contributed by atoms with E-state index in [0.29, 0.717) is 6.29 Å². The average Bonchev–Trinajstić information content (AvgIpc) is 2.14. The molecule has 1 unspecified atom stereocenters. The van der Waals surface area contributed by atoms with Crippen molar-refractivity contribution in [1.82, 2.24) is 5.48 Å². The van der Waals surface area contributed by atoms with E-state index in [9.17, 15) is 4.79 Å². The Balaban J connectivity index is 2.42. The maximum absolute atomic E-state index is 9.73. The van der Waals surface area contributed by atoms with E-state index in [0.717, 1.165) is 0 Å². The van der Waals surface area contributed by atoms with Gasteiger partial charge in [0.15, 0.2) is 6.29 Å². The zero-order chi connectivity index (χ0) is 5.11. The lowest BCUT2D eigenvalue weighted by Crippen LogP contribution is -2.11. The summed E-state index contributed by atoms with van der Waals surface area (Å²) in [6.45, 7) is 0. The summed E-state index contributed by atoms with van der Waals surface area (Å²) in [5, 5.41) is 0. The van der Waals surface area contributed by atoms with Crippen molar-refractivity contribution in [3.63, 3.8) is 0 Å². The van der Waals surface area contributed by atoms with Crippen LogP contribution in [0.3, 0.4) is 0 Å². The minimum absolute atomic E-state index is 0.608. The Morgan fingerprint density at radius 1 is 2.00 bits per heavy atom. The third-order valence-corrected chi connectivity index (χ3v) is 0.579. The molecule has 0 radical (unpaired) electrons. The number of hydroxylamine groups is 1. The molecule has 1 rings (SSSR count). The van der Waals surface area contributed by atoms with Gasteiger partial charge in [-0.05, 0) is 0 Å². The first-order valence-corrected chi connectivity index (χ1v) is 1.81. The minimum atomic E-state index is -0.625. The fraction of sp³-hybridized carbons (Fsp3) is 0.333. The first-order chi connectivity index (χ1) is 3.43. The van der Waals surface area contributed by atoms with E-state index in [2.05, 4.69) is 15.3 Å². The molecule has 4 heteroatoms. The van der Waals surface area contributed by atoms with E-state index in [-0.39, 0.29) is 0 Å². The predicted octanol–water partition coefficient (Wildman–Crippen LogP) is -0.926. The number of nitrogens with one attached hydrogen (secondary N) is 1. The largest absolute Gasteiger partial charge is 0.298 e. The first kappa shape index (κ1) is 4.26. The van der Waals surface area contributed by atoms with Crippen LogP contribution in [0.4, 0.5) is 0 Å². The second kappa shape index (κ2) is 1.70. The molecule has 0 aromatic rings. The molecule has 0 saturated carbocycles. The van der Waals surface area contributed by atoms with Crippen LogP contribution in [0.2, 0.25) is 0 Å². The second-order valence-corrected chi connectivity index (χ2v) is 1.04. The van der Waals surface area contributed by atoms with Gasteiger partial charge in [-0.15, -0.1) is 0 Å². The standard InChI is InChI=1S/C3H4N2O2/c6-1-3-4-2-5-7-3/h1-3H,(H,4,5). The van der Waals surface area contributed by atoms with Crippen molar-refractivity contribution >= 4 is 12.6 Å². The zero-order valence-electron chi connectivity index (χ0n) is 3.50. The Kier molecular flexibility index (Phi) is 1.04. The van der Waals surface area contributed by atoms with Gasteiger partial charge in [-0.1, -0.05) is 0 Å². The number of carbonyl (C=O) groups excluding carboxylic acids is 1. The third-order valence-electron chi connectivity index (χ3n) is 0.579. The van der Waals surface area contributed by atoms with E-state index in [1.54, 1.807) is 0 Å². The lowest BCUT2D eigenvalue weighted by molar-refractivity contribution is -0.118. The van der Waals surface area contributed by atoms with Crippen molar-refractivity contribution in [2.24, 2.45) is 4.99 Å². The number of rotatable bonds is 1. The fourth-order valence-electron chi connectivity index (χ4n) is 0.297. The fourth-order valence-corrected chi connectivity index (χ4v) is 0.297. The van der Waals surface area contributed by atoms with Crippen molar-refractivity contribution in [2.75, 3.05) is 0 Å². The minimum Gasteiger partial charge on any atom is -0.298 e. The van der Waals surface area contributed by atoms with Crippen LogP contribution in [0.25, 0.3) is 0 Å². The molecule has 0 amide bonds. The molecule has 7 heavy (non-hydrogen) atoms. The van der Waals surface area contributed by atoms with Crippen molar-refractivity contribution in [1.29, 1.82) is 0 Å². The van der Waals surface area contributed by atoms with Crippen molar-refractivity contribution < 1.29 is 9.63 Å². The maximum atomic E-state index is 9.73. The Morgan fingerprint density at radius 2 is 2.86 bits per heavy atom. The van der Waals surface area contributed by atoms with E-state index in [4.69, 9.17) is 0 Å². The van der Waals surface area contributed by atoms with Crippen LogP contribution >= 0.6 is 0 Å². The van der Waals surface area contributed by atoms with Crippen molar-refractivity contribution in [3.05, 3.63) is 0 Å². The smallest absolute Gasteiger partial charge is 0.231 e. The van der Waals surface area contributed by atoms with Crippen LogP contribution in [-0.2, 0) is 9.63 Å². The number of carbonyl (C=O) groups is 1. The summed E-state index contributed by atoms with van der Waals surface area (Å²) in [4.78, 5) is 17.7. The van der Waals surface area contributed by atoms with Gasteiger partial charge in [0.2, 0.25) is 6.23 Å². The van der Waals surface area contributed by atoms with Gasteiger partial charge in [0.25, 0.3) is 0 Å². The molecule has 0 spiro atoms. The molecular weight excluding hydrogens is 96.0 g/mol. The summed E-state index contributed by atoms with van der Waals surface area (Å²) in [5.41, 5.74) is 2.30. The average molecular weight is 100 g/mol. The van der Waals surface area contributed by atoms with Gasteiger partial charge >= 0.3 is 0 Å². The molecule has 38 valence electrons. The lowest BCUT2D eigenvalue weighted by Gasteiger charge is -1.90. The summed E-state index contributed by atoms with van der Waals surface area (Å²) in [5.74, 6) is 0. The van der Waals surface area contributed by atoms with E-state index < -0.39 is 6.23 Å². The predicted molar refractivity (Wildman–Crippen MR) is 22.6 cm³/mol. The van der Waals surface area contributed by atoms with Gasteiger partial charge in [-0.3, -0.25) is 10.3 Å². The number of aldehydes is 1. The summed E-state index contributed by atoms with van der Waals surface area (Å²) < 4.78 is 0. The van der Waals surface area contributed by atoms with Crippen molar-refractivity contribution in [3.8, 4) is 0 Å². The van der Waals surface area contributed by atoms with Crippen LogP contribution in [0.15, 0.2) is 4.99 Å². The van der Waals surface area contributed by atoms with Crippen LogP contribution in [0.1, 0.15) is 0 Å². The van der Waals surface area contributed by atoms with Gasteiger partial charge in [0.1, 0.15) is 6.34 Å². The molecule has 0 aliphatic carbocycles.